The molecule has 0 bridgehead atoms. The van der Waals surface area contributed by atoms with Gasteiger partial charge in [-0.2, -0.15) is 0 Å². The van der Waals surface area contributed by atoms with Gasteiger partial charge in [0.25, 0.3) is 0 Å². The molecule has 8 rings (SSSR count). The molecule has 0 spiro atoms. The van der Waals surface area contributed by atoms with E-state index >= 15 is 0 Å². The zero-order valence-electron chi connectivity index (χ0n) is 34.1. The van der Waals surface area contributed by atoms with Gasteiger partial charge in [-0.1, -0.05) is 0 Å². The van der Waals surface area contributed by atoms with Crippen LogP contribution in [0.15, 0.2) is 132 Å². The van der Waals surface area contributed by atoms with E-state index in [-0.39, 0.29) is 7.25 Å². The van der Waals surface area contributed by atoms with Gasteiger partial charge in [0, 0.05) is 0 Å². The maximum absolute atomic E-state index is 9.11. The Kier molecular flexibility index (Phi) is 10.5. The molecule has 0 nitrogen and oxygen atoms in total. The fourth-order valence-corrected chi connectivity index (χ4v) is 41.3. The summed E-state index contributed by atoms with van der Waals surface area (Å²) in [5, 5.41) is 0. The molecule has 0 saturated heterocycles. The minimum atomic E-state index is -5.20. The minimum absolute atomic E-state index is 0.0204. The standard InChI is InChI=1S/2C25H23.C2H7Si.2ClH.Zr/c2*1-4-19-15-24-22(20-9-5-17(2)6-10-20)13-14-23(25(24)16-19)21-11-7-18(3)8-12-21;1-3-2;;;/h2*5-16H,4H2,1-3H3;3H,1-2H3;2*1H;/q;;;;;+2/p-2. The summed E-state index contributed by atoms with van der Waals surface area (Å²) in [6, 6.07) is 45.6. The van der Waals surface area contributed by atoms with Crippen LogP contribution in [0.3, 0.4) is 0 Å². The monoisotopic (exact) mass is 865 g/mol. The van der Waals surface area contributed by atoms with Gasteiger partial charge in [0.05, 0.1) is 0 Å². The first kappa shape index (κ1) is 39.3. The van der Waals surface area contributed by atoms with Crippen molar-refractivity contribution in [3.05, 3.63) is 177 Å². The van der Waals surface area contributed by atoms with E-state index in [9.17, 15) is 0 Å². The Morgan fingerprint density at radius 2 is 0.696 bits per heavy atom. The normalized spacial score (nSPS) is 16.9. The molecular formula is C52H53Cl2SiZr. The zero-order chi connectivity index (χ0) is 39.5. The van der Waals surface area contributed by atoms with Gasteiger partial charge in [-0.05, 0) is 0 Å². The van der Waals surface area contributed by atoms with Crippen LogP contribution >= 0.6 is 17.0 Å². The first-order chi connectivity index (χ1) is 26.8. The number of fused-ring (bicyclic) bond motifs is 2. The molecule has 0 aromatic heterocycles. The molecule has 2 aliphatic rings. The van der Waals surface area contributed by atoms with Crippen molar-refractivity contribution >= 4 is 35.1 Å². The molecule has 0 aliphatic heterocycles. The molecule has 2 unspecified atom stereocenters. The Labute approximate surface area is 344 Å². The number of benzene rings is 6. The number of hydrogen-bond donors (Lipinski definition) is 0. The maximum atomic E-state index is 9.11. The Bertz CT molecular complexity index is 2350. The van der Waals surface area contributed by atoms with Gasteiger partial charge in [-0.3, -0.25) is 0 Å². The van der Waals surface area contributed by atoms with Crippen LogP contribution < -0.4 is 0 Å². The predicted molar refractivity (Wildman–Crippen MR) is 246 cm³/mol. The van der Waals surface area contributed by atoms with Crippen LogP contribution in [0.25, 0.3) is 56.7 Å². The summed E-state index contributed by atoms with van der Waals surface area (Å²) < 4.78 is -0.0409. The summed E-state index contributed by atoms with van der Waals surface area (Å²) in [7, 11) is 18.2. The predicted octanol–water partition coefficient (Wildman–Crippen LogP) is 16.0. The Morgan fingerprint density at radius 1 is 0.429 bits per heavy atom. The van der Waals surface area contributed by atoms with Gasteiger partial charge >= 0.3 is 347 Å². The van der Waals surface area contributed by atoms with E-state index in [1.165, 1.54) is 100 Å². The SMILES string of the molecule is CCC1=Cc2c(-c3ccc(C)cc3)ccc(-c3ccc(C)cc3)c2[CH]1[Zr]([Cl])([Cl])([CH]1C(CC)=Cc2c(-c3ccc(C)cc3)ccc(-c3ccc(C)cc3)c21)[SiH](C)C. The van der Waals surface area contributed by atoms with Crippen LogP contribution in [0.5, 0.6) is 0 Å². The molecule has 0 amide bonds. The number of allylic oxidation sites excluding steroid dienone is 2. The second-order valence-corrected chi connectivity index (χ2v) is 59.3. The van der Waals surface area contributed by atoms with Gasteiger partial charge in [0.15, 0.2) is 0 Å². The molecule has 6 aromatic carbocycles. The average molecular weight is 868 g/mol. The van der Waals surface area contributed by atoms with E-state index in [1.54, 1.807) is 0 Å². The van der Waals surface area contributed by atoms with Gasteiger partial charge in [-0.15, -0.1) is 0 Å². The Hall–Kier alpha value is -3.52. The zero-order valence-corrected chi connectivity index (χ0v) is 39.2. The molecular weight excluding hydrogens is 815 g/mol. The molecule has 56 heavy (non-hydrogen) atoms. The molecule has 2 atom stereocenters. The van der Waals surface area contributed by atoms with Crippen LogP contribution in [0.4, 0.5) is 0 Å². The quantitative estimate of drug-likeness (QED) is 0.127. The first-order valence-corrected chi connectivity index (χ1v) is 36.7. The van der Waals surface area contributed by atoms with Gasteiger partial charge in [0.2, 0.25) is 0 Å². The van der Waals surface area contributed by atoms with E-state index in [4.69, 9.17) is 17.0 Å². The number of rotatable bonds is 9. The molecule has 0 saturated carbocycles. The van der Waals surface area contributed by atoms with E-state index < -0.39 is 21.5 Å². The number of halogens is 2. The molecule has 0 heterocycles. The summed E-state index contributed by atoms with van der Waals surface area (Å²) >= 11 is -5.20. The number of aryl methyl sites for hydroxylation is 4. The van der Waals surface area contributed by atoms with E-state index in [2.05, 4.69) is 188 Å². The van der Waals surface area contributed by atoms with E-state index in [0.717, 1.165) is 12.8 Å². The molecule has 0 radical (unpaired) electrons. The summed E-state index contributed by atoms with van der Waals surface area (Å²) in [5.74, 6) is -1.82. The van der Waals surface area contributed by atoms with Gasteiger partial charge < -0.3 is 0 Å². The van der Waals surface area contributed by atoms with Crippen molar-refractivity contribution in [2.45, 2.75) is 74.7 Å². The van der Waals surface area contributed by atoms with Crippen LogP contribution in [0, 0.1) is 27.7 Å². The van der Waals surface area contributed by atoms with Crippen molar-refractivity contribution in [1.82, 2.24) is 0 Å². The van der Waals surface area contributed by atoms with Crippen molar-refractivity contribution in [2.24, 2.45) is 0 Å². The Morgan fingerprint density at radius 3 is 0.964 bits per heavy atom. The topological polar surface area (TPSA) is 0 Å². The fraction of sp³-hybridized carbons (Fsp3) is 0.231. The van der Waals surface area contributed by atoms with Crippen LogP contribution in [0.2, 0.25) is 13.1 Å². The average Bonchev–Trinajstić information content (AvgIpc) is 3.80. The second-order valence-electron chi connectivity index (χ2n) is 16.8. The molecule has 283 valence electrons. The van der Waals surface area contributed by atoms with Crippen molar-refractivity contribution in [3.63, 3.8) is 0 Å². The van der Waals surface area contributed by atoms with Crippen LogP contribution in [-0.2, 0) is 15.6 Å². The molecule has 0 N–H and O–H groups in total. The molecule has 4 heteroatoms. The van der Waals surface area contributed by atoms with Crippen LogP contribution in [0.1, 0.15) is 78.4 Å². The summed E-state index contributed by atoms with van der Waals surface area (Å²) in [6.45, 7) is 18.2. The van der Waals surface area contributed by atoms with Crippen molar-refractivity contribution < 1.29 is 15.6 Å². The summed E-state index contributed by atoms with van der Waals surface area (Å²) in [4.78, 5) is 0. The third-order valence-electron chi connectivity index (χ3n) is 13.0. The third kappa shape index (κ3) is 6.44. The third-order valence-corrected chi connectivity index (χ3v) is 64.8. The fourth-order valence-electron chi connectivity index (χ4n) is 9.76. The van der Waals surface area contributed by atoms with Gasteiger partial charge in [-0.25, -0.2) is 0 Å². The van der Waals surface area contributed by atoms with Crippen LogP contribution in [-0.4, -0.2) is 5.92 Å². The van der Waals surface area contributed by atoms with E-state index in [1.807, 2.05) is 0 Å². The molecule has 2 aliphatic carbocycles. The summed E-state index contributed by atoms with van der Waals surface area (Å²) in [5.41, 5.74) is 23.2. The van der Waals surface area contributed by atoms with Crippen molar-refractivity contribution in [1.29, 1.82) is 0 Å². The van der Waals surface area contributed by atoms with Crippen molar-refractivity contribution in [2.75, 3.05) is 0 Å². The number of hydrogen-bond acceptors (Lipinski definition) is 0. The van der Waals surface area contributed by atoms with E-state index in [0.29, 0.717) is 0 Å². The summed E-state index contributed by atoms with van der Waals surface area (Å²) in [6.07, 6.45) is 6.83. The van der Waals surface area contributed by atoms with Gasteiger partial charge in [0.1, 0.15) is 0 Å². The van der Waals surface area contributed by atoms with Crippen molar-refractivity contribution in [3.8, 4) is 44.5 Å². The second kappa shape index (κ2) is 15.0. The Balaban J connectivity index is 1.46. The first-order valence-electron chi connectivity index (χ1n) is 20.4. The molecule has 0 fully saturated rings. The molecule has 6 aromatic rings.